The fraction of sp³-hybridized carbons (Fsp3) is 0.208. The number of aromatic amines is 1. The minimum Gasteiger partial charge on any atom is -0.478 e. The number of aromatic carboxylic acids is 1. The molecule has 148 valence electrons. The molecular formula is C24H23ClN2O2. The van der Waals surface area contributed by atoms with Crippen molar-refractivity contribution in [3.8, 4) is 11.3 Å². The molecule has 0 bridgehead atoms. The maximum Gasteiger partial charge on any atom is 0.336 e. The molecule has 0 amide bonds. The number of benzene rings is 3. The number of H-pyrrole nitrogens is 1. The van der Waals surface area contributed by atoms with Crippen molar-refractivity contribution >= 4 is 39.2 Å². The zero-order chi connectivity index (χ0) is 20.5. The molecule has 0 aliphatic carbocycles. The molecule has 29 heavy (non-hydrogen) atoms. The average Bonchev–Trinajstić information content (AvgIpc) is 3.09. The molecule has 0 unspecified atom stereocenters. The highest BCUT2D eigenvalue weighted by molar-refractivity contribution is 6.36. The quantitative estimate of drug-likeness (QED) is 0.347. The molecule has 4 aromatic rings. The van der Waals surface area contributed by atoms with Gasteiger partial charge in [0.15, 0.2) is 0 Å². The molecule has 0 aliphatic heterocycles. The number of carbonyl (C=O) groups is 1. The Morgan fingerprint density at radius 3 is 2.55 bits per heavy atom. The number of rotatable bonds is 6. The second-order valence-corrected chi connectivity index (χ2v) is 7.76. The third-order valence-corrected chi connectivity index (χ3v) is 5.85. The Kier molecular flexibility index (Phi) is 5.31. The molecule has 3 aromatic carbocycles. The lowest BCUT2D eigenvalue weighted by Crippen LogP contribution is -2.01. The smallest absolute Gasteiger partial charge is 0.336 e. The summed E-state index contributed by atoms with van der Waals surface area (Å²) in [6.07, 6.45) is 2.49. The first-order valence-electron chi connectivity index (χ1n) is 9.78. The number of fused-ring (bicyclic) bond motifs is 2. The van der Waals surface area contributed by atoms with E-state index in [0.29, 0.717) is 22.5 Å². The van der Waals surface area contributed by atoms with Gasteiger partial charge >= 0.3 is 5.97 Å². The van der Waals surface area contributed by atoms with Gasteiger partial charge in [0.25, 0.3) is 0 Å². The third kappa shape index (κ3) is 3.39. The SMILES string of the molecule is Cc1ccc(-c2[nH]c3c(Cl)ccc(C(=O)O)c3c2CCCCN)c2ccccc12. The van der Waals surface area contributed by atoms with Crippen LogP contribution in [0.25, 0.3) is 32.9 Å². The van der Waals surface area contributed by atoms with Crippen molar-refractivity contribution < 1.29 is 9.90 Å². The topological polar surface area (TPSA) is 79.1 Å². The van der Waals surface area contributed by atoms with Crippen molar-refractivity contribution in [2.75, 3.05) is 6.54 Å². The predicted molar refractivity (Wildman–Crippen MR) is 120 cm³/mol. The minimum atomic E-state index is -0.953. The number of unbranched alkanes of at least 4 members (excludes halogenated alkanes) is 1. The Balaban J connectivity index is 2.06. The van der Waals surface area contributed by atoms with E-state index in [9.17, 15) is 9.90 Å². The number of aromatic nitrogens is 1. The summed E-state index contributed by atoms with van der Waals surface area (Å²) >= 11 is 6.47. The zero-order valence-electron chi connectivity index (χ0n) is 16.3. The van der Waals surface area contributed by atoms with E-state index in [1.54, 1.807) is 12.1 Å². The van der Waals surface area contributed by atoms with Crippen LogP contribution in [0.15, 0.2) is 48.5 Å². The van der Waals surface area contributed by atoms with Crippen molar-refractivity contribution in [3.63, 3.8) is 0 Å². The highest BCUT2D eigenvalue weighted by Gasteiger charge is 2.21. The van der Waals surface area contributed by atoms with Crippen LogP contribution in [0.1, 0.15) is 34.3 Å². The highest BCUT2D eigenvalue weighted by Crippen LogP contribution is 2.39. The first-order valence-corrected chi connectivity index (χ1v) is 10.2. The average molecular weight is 407 g/mol. The molecule has 1 aromatic heterocycles. The highest BCUT2D eigenvalue weighted by atomic mass is 35.5. The van der Waals surface area contributed by atoms with E-state index in [4.69, 9.17) is 17.3 Å². The number of halogens is 1. The molecule has 4 N–H and O–H groups in total. The largest absolute Gasteiger partial charge is 0.478 e. The number of nitrogens with two attached hydrogens (primary N) is 1. The van der Waals surface area contributed by atoms with Crippen LogP contribution >= 0.6 is 11.6 Å². The third-order valence-electron chi connectivity index (χ3n) is 5.53. The summed E-state index contributed by atoms with van der Waals surface area (Å²) in [6, 6.07) is 15.7. The van der Waals surface area contributed by atoms with Crippen LogP contribution in [-0.2, 0) is 6.42 Å². The van der Waals surface area contributed by atoms with Crippen molar-refractivity contribution in [2.24, 2.45) is 5.73 Å². The van der Waals surface area contributed by atoms with Crippen LogP contribution in [0, 0.1) is 6.92 Å². The maximum atomic E-state index is 11.9. The molecule has 0 aliphatic rings. The first-order chi connectivity index (χ1) is 14.0. The first kappa shape index (κ1) is 19.5. The van der Waals surface area contributed by atoms with Crippen LogP contribution in [0.4, 0.5) is 0 Å². The fourth-order valence-electron chi connectivity index (χ4n) is 4.11. The van der Waals surface area contributed by atoms with E-state index in [2.05, 4.69) is 36.2 Å². The standard InChI is InChI=1S/C24H23ClN2O2/c1-14-9-10-17(16-7-3-2-6-15(14)16)22-18(8-4-5-13-26)21-19(24(28)29)11-12-20(25)23(21)27-22/h2-3,6-7,9-12,27H,4-5,8,13,26H2,1H3,(H,28,29). The van der Waals surface area contributed by atoms with Crippen molar-refractivity contribution in [1.82, 2.24) is 4.98 Å². The monoisotopic (exact) mass is 406 g/mol. The van der Waals surface area contributed by atoms with Crippen LogP contribution in [-0.4, -0.2) is 22.6 Å². The number of nitrogens with one attached hydrogen (secondary N) is 1. The number of aryl methyl sites for hydroxylation is 2. The zero-order valence-corrected chi connectivity index (χ0v) is 17.0. The van der Waals surface area contributed by atoms with Gasteiger partial charge in [0, 0.05) is 10.9 Å². The van der Waals surface area contributed by atoms with Crippen molar-refractivity contribution in [2.45, 2.75) is 26.2 Å². The van der Waals surface area contributed by atoms with Gasteiger partial charge in [-0.1, -0.05) is 48.0 Å². The van der Waals surface area contributed by atoms with Gasteiger partial charge in [-0.05, 0) is 66.8 Å². The van der Waals surface area contributed by atoms with E-state index >= 15 is 0 Å². The van der Waals surface area contributed by atoms with E-state index in [1.807, 2.05) is 12.1 Å². The maximum absolute atomic E-state index is 11.9. The molecule has 0 radical (unpaired) electrons. The molecule has 0 atom stereocenters. The summed E-state index contributed by atoms with van der Waals surface area (Å²) in [5, 5.41) is 13.3. The van der Waals surface area contributed by atoms with Crippen molar-refractivity contribution in [1.29, 1.82) is 0 Å². The molecule has 1 heterocycles. The Morgan fingerprint density at radius 2 is 1.83 bits per heavy atom. The minimum absolute atomic E-state index is 0.270. The normalized spacial score (nSPS) is 11.4. The molecule has 4 rings (SSSR count). The summed E-state index contributed by atoms with van der Waals surface area (Å²) in [4.78, 5) is 15.4. The number of carboxylic acid groups (broad SMARTS) is 1. The van der Waals surface area contributed by atoms with Gasteiger partial charge in [0.05, 0.1) is 21.8 Å². The fourth-order valence-corrected chi connectivity index (χ4v) is 4.32. The number of carboxylic acids is 1. The predicted octanol–water partition coefficient (Wildman–Crippen LogP) is 5.93. The van der Waals surface area contributed by atoms with Crippen LogP contribution in [0.3, 0.4) is 0 Å². The van der Waals surface area contributed by atoms with E-state index in [1.165, 1.54) is 10.9 Å². The number of hydrogen-bond donors (Lipinski definition) is 3. The van der Waals surface area contributed by atoms with Gasteiger partial charge in [-0.2, -0.15) is 0 Å². The molecule has 0 saturated carbocycles. The summed E-state index contributed by atoms with van der Waals surface area (Å²) in [5.41, 5.74) is 10.8. The second kappa shape index (κ2) is 7.90. The Bertz CT molecular complexity index is 1230. The van der Waals surface area contributed by atoms with Crippen molar-refractivity contribution in [3.05, 3.63) is 70.2 Å². The molecule has 0 spiro atoms. The van der Waals surface area contributed by atoms with E-state index < -0.39 is 5.97 Å². The lowest BCUT2D eigenvalue weighted by atomic mass is 9.93. The van der Waals surface area contributed by atoms with Gasteiger partial charge < -0.3 is 15.8 Å². The van der Waals surface area contributed by atoms with Gasteiger partial charge in [-0.25, -0.2) is 4.79 Å². The Hall–Kier alpha value is -2.82. The molecule has 4 nitrogen and oxygen atoms in total. The van der Waals surface area contributed by atoms with Gasteiger partial charge in [-0.15, -0.1) is 0 Å². The summed E-state index contributed by atoms with van der Waals surface area (Å²) < 4.78 is 0. The van der Waals surface area contributed by atoms with Crippen LogP contribution in [0.2, 0.25) is 5.02 Å². The van der Waals surface area contributed by atoms with Crippen LogP contribution in [0.5, 0.6) is 0 Å². The summed E-state index contributed by atoms with van der Waals surface area (Å²) in [5.74, 6) is -0.953. The van der Waals surface area contributed by atoms with Gasteiger partial charge in [0.1, 0.15) is 0 Å². The summed E-state index contributed by atoms with van der Waals surface area (Å²) in [6.45, 7) is 2.70. The van der Waals surface area contributed by atoms with E-state index in [-0.39, 0.29) is 5.56 Å². The lowest BCUT2D eigenvalue weighted by molar-refractivity contribution is 0.0699. The summed E-state index contributed by atoms with van der Waals surface area (Å²) in [7, 11) is 0. The Morgan fingerprint density at radius 1 is 1.07 bits per heavy atom. The molecule has 0 fully saturated rings. The number of hydrogen-bond acceptors (Lipinski definition) is 2. The van der Waals surface area contributed by atoms with Gasteiger partial charge in [-0.3, -0.25) is 0 Å². The molecule has 0 saturated heterocycles. The van der Waals surface area contributed by atoms with E-state index in [0.717, 1.165) is 41.5 Å². The Labute approximate surface area is 174 Å². The van der Waals surface area contributed by atoms with Gasteiger partial charge in [0.2, 0.25) is 0 Å². The molecular weight excluding hydrogens is 384 g/mol. The molecule has 5 heteroatoms. The lowest BCUT2D eigenvalue weighted by Gasteiger charge is -2.11. The van der Waals surface area contributed by atoms with Crippen LogP contribution < -0.4 is 5.73 Å². The second-order valence-electron chi connectivity index (χ2n) is 7.35.